The van der Waals surface area contributed by atoms with Crippen LogP contribution in [-0.2, 0) is 4.79 Å². The summed E-state index contributed by atoms with van der Waals surface area (Å²) < 4.78 is 0.405. The van der Waals surface area contributed by atoms with E-state index in [1.165, 1.54) is 0 Å². The fourth-order valence-corrected chi connectivity index (χ4v) is 1.25. The topological polar surface area (TPSA) is 40.5 Å². The molecule has 0 aliphatic carbocycles. The maximum atomic E-state index is 10.7. The third-order valence-electron chi connectivity index (χ3n) is 1.44. The Balaban J connectivity index is 4.49. The van der Waals surface area contributed by atoms with Crippen molar-refractivity contribution in [1.82, 2.24) is 4.90 Å². The second-order valence-electron chi connectivity index (χ2n) is 3.79. The van der Waals surface area contributed by atoms with Crippen molar-refractivity contribution in [2.24, 2.45) is 0 Å². The zero-order chi connectivity index (χ0) is 9.23. The summed E-state index contributed by atoms with van der Waals surface area (Å²) in [4.78, 5) is 12.4. The zero-order valence-corrected chi connectivity index (χ0v) is 7.83. The van der Waals surface area contributed by atoms with Gasteiger partial charge in [-0.05, 0) is 14.1 Å². The van der Waals surface area contributed by atoms with Gasteiger partial charge in [0.05, 0.1) is 21.1 Å². The van der Waals surface area contributed by atoms with Gasteiger partial charge < -0.3 is 9.59 Å². The van der Waals surface area contributed by atoms with Crippen LogP contribution in [0.5, 0.6) is 0 Å². The van der Waals surface area contributed by atoms with Gasteiger partial charge in [-0.15, -0.1) is 0 Å². The molecular weight excluding hydrogens is 144 g/mol. The molecule has 0 amide bonds. The molecule has 0 aliphatic heterocycles. The fraction of sp³-hybridized carbons (Fsp3) is 0.857. The molecule has 4 nitrogen and oxygen atoms in total. The van der Waals surface area contributed by atoms with Crippen molar-refractivity contribution < 1.29 is 14.4 Å². The highest BCUT2D eigenvalue weighted by molar-refractivity contribution is 5.71. The van der Waals surface area contributed by atoms with E-state index >= 15 is 0 Å². The van der Waals surface area contributed by atoms with Crippen LogP contribution in [-0.4, -0.2) is 61.9 Å². The van der Waals surface area contributed by atoms with Gasteiger partial charge in [0.2, 0.25) is 6.17 Å². The van der Waals surface area contributed by atoms with E-state index in [1.807, 2.05) is 21.1 Å². The molecule has 0 aromatic carbocycles. The van der Waals surface area contributed by atoms with Crippen molar-refractivity contribution in [2.45, 2.75) is 6.17 Å². The van der Waals surface area contributed by atoms with Crippen molar-refractivity contribution in [2.75, 3.05) is 35.2 Å². The van der Waals surface area contributed by atoms with Crippen LogP contribution in [0, 0.1) is 0 Å². The molecule has 1 unspecified atom stereocenters. The van der Waals surface area contributed by atoms with Crippen molar-refractivity contribution >= 4 is 5.97 Å². The Hall–Kier alpha value is -0.610. The van der Waals surface area contributed by atoms with Gasteiger partial charge in [-0.3, -0.25) is 4.90 Å². The average Bonchev–Trinajstić information content (AvgIpc) is 1.54. The number of quaternary nitrogens is 1. The molecule has 1 atom stereocenters. The minimum atomic E-state index is -0.789. The van der Waals surface area contributed by atoms with Gasteiger partial charge in [-0.1, -0.05) is 0 Å². The quantitative estimate of drug-likeness (QED) is 0.455. The number of nitrogens with zero attached hydrogens (tertiary/aromatic N) is 2. The lowest BCUT2D eigenvalue weighted by Gasteiger charge is -2.34. The summed E-state index contributed by atoms with van der Waals surface area (Å²) in [6.45, 7) is 0. The summed E-state index contributed by atoms with van der Waals surface area (Å²) in [7, 11) is 9.11. The maximum Gasteiger partial charge on any atom is 0.379 e. The molecule has 0 rings (SSSR count). The number of rotatable bonds is 3. The summed E-state index contributed by atoms with van der Waals surface area (Å²) in [5.41, 5.74) is 0. The number of carbonyl (C=O) groups is 1. The molecule has 0 spiro atoms. The molecule has 0 aromatic heterocycles. The molecule has 66 valence electrons. The van der Waals surface area contributed by atoms with Gasteiger partial charge in [0.15, 0.2) is 0 Å². The Morgan fingerprint density at radius 3 is 1.73 bits per heavy atom. The van der Waals surface area contributed by atoms with Gasteiger partial charge in [-0.2, -0.15) is 0 Å². The van der Waals surface area contributed by atoms with Crippen LogP contribution >= 0.6 is 0 Å². The largest absolute Gasteiger partial charge is 0.476 e. The molecule has 0 saturated heterocycles. The third-order valence-corrected chi connectivity index (χ3v) is 1.44. The predicted molar refractivity (Wildman–Crippen MR) is 43.1 cm³/mol. The van der Waals surface area contributed by atoms with Gasteiger partial charge in [-0.25, -0.2) is 4.79 Å². The molecule has 0 saturated carbocycles. The van der Waals surface area contributed by atoms with E-state index in [0.29, 0.717) is 4.48 Å². The minimum absolute atomic E-state index is 0.405. The molecular formula is C7H17N2O2+. The highest BCUT2D eigenvalue weighted by Crippen LogP contribution is 2.04. The molecule has 0 bridgehead atoms. The molecule has 4 heteroatoms. The Kier molecular flexibility index (Phi) is 3.02. The van der Waals surface area contributed by atoms with E-state index in [1.54, 1.807) is 19.0 Å². The lowest BCUT2D eigenvalue weighted by Crippen LogP contribution is -2.57. The normalized spacial score (nSPS) is 15.1. The highest BCUT2D eigenvalue weighted by atomic mass is 16.4. The first kappa shape index (κ1) is 10.4. The molecule has 11 heavy (non-hydrogen) atoms. The first-order valence-electron chi connectivity index (χ1n) is 3.47. The van der Waals surface area contributed by atoms with Crippen LogP contribution in [0.15, 0.2) is 0 Å². The zero-order valence-electron chi connectivity index (χ0n) is 7.83. The Morgan fingerprint density at radius 2 is 1.73 bits per heavy atom. The van der Waals surface area contributed by atoms with Gasteiger partial charge in [0, 0.05) is 0 Å². The maximum absolute atomic E-state index is 10.7. The second-order valence-corrected chi connectivity index (χ2v) is 3.79. The van der Waals surface area contributed by atoms with Crippen molar-refractivity contribution in [3.63, 3.8) is 0 Å². The summed E-state index contributed by atoms with van der Waals surface area (Å²) in [6, 6.07) is 0. The Morgan fingerprint density at radius 1 is 1.36 bits per heavy atom. The molecule has 0 fully saturated rings. The Bertz CT molecular complexity index is 149. The van der Waals surface area contributed by atoms with Crippen LogP contribution in [0.2, 0.25) is 0 Å². The Labute approximate surface area is 67.6 Å². The smallest absolute Gasteiger partial charge is 0.379 e. The SMILES string of the molecule is CN(C)C(C(=O)O)[N+](C)(C)C. The number of hydrogen-bond donors (Lipinski definition) is 1. The van der Waals surface area contributed by atoms with Gasteiger partial charge >= 0.3 is 5.97 Å². The van der Waals surface area contributed by atoms with E-state index in [-0.39, 0.29) is 0 Å². The standard InChI is InChI=1S/C7H16N2O2/c1-8(2)6(7(10)11)9(3,4)5/h6H,1-5H3/p+1. The van der Waals surface area contributed by atoms with Crippen molar-refractivity contribution in [3.8, 4) is 0 Å². The number of aliphatic carboxylic acids is 1. The van der Waals surface area contributed by atoms with Crippen LogP contribution in [0.25, 0.3) is 0 Å². The average molecular weight is 161 g/mol. The number of carboxylic acid groups (broad SMARTS) is 1. The lowest BCUT2D eigenvalue weighted by molar-refractivity contribution is -0.898. The molecule has 0 heterocycles. The lowest BCUT2D eigenvalue weighted by atomic mass is 10.4. The summed E-state index contributed by atoms with van der Waals surface area (Å²) >= 11 is 0. The van der Waals surface area contributed by atoms with Gasteiger partial charge in [0.1, 0.15) is 0 Å². The molecule has 0 radical (unpaired) electrons. The predicted octanol–water partition coefficient (Wildman–Crippen LogP) is -0.335. The summed E-state index contributed by atoms with van der Waals surface area (Å²) in [5, 5.41) is 8.82. The highest BCUT2D eigenvalue weighted by Gasteiger charge is 2.33. The third kappa shape index (κ3) is 2.86. The van der Waals surface area contributed by atoms with E-state index < -0.39 is 12.1 Å². The number of hydrogen-bond acceptors (Lipinski definition) is 2. The van der Waals surface area contributed by atoms with E-state index in [2.05, 4.69) is 0 Å². The van der Waals surface area contributed by atoms with Crippen molar-refractivity contribution in [3.05, 3.63) is 0 Å². The monoisotopic (exact) mass is 161 g/mol. The van der Waals surface area contributed by atoms with Crippen LogP contribution in [0.4, 0.5) is 0 Å². The van der Waals surface area contributed by atoms with Crippen LogP contribution < -0.4 is 0 Å². The summed E-state index contributed by atoms with van der Waals surface area (Å²) in [6.07, 6.45) is -0.477. The first-order valence-corrected chi connectivity index (χ1v) is 3.47. The molecule has 1 N–H and O–H groups in total. The van der Waals surface area contributed by atoms with Crippen LogP contribution in [0.1, 0.15) is 0 Å². The van der Waals surface area contributed by atoms with E-state index in [0.717, 1.165) is 0 Å². The number of likely N-dealkylation sites (N-methyl/N-ethyl adjacent to an activating group) is 2. The minimum Gasteiger partial charge on any atom is -0.476 e. The van der Waals surface area contributed by atoms with E-state index in [9.17, 15) is 4.79 Å². The van der Waals surface area contributed by atoms with Gasteiger partial charge in [0.25, 0.3) is 0 Å². The summed E-state index contributed by atoms with van der Waals surface area (Å²) in [5.74, 6) is -0.789. The van der Waals surface area contributed by atoms with Crippen LogP contribution in [0.3, 0.4) is 0 Å². The molecule has 0 aliphatic rings. The molecule has 0 aromatic rings. The van der Waals surface area contributed by atoms with E-state index in [4.69, 9.17) is 5.11 Å². The number of carboxylic acids is 1. The first-order chi connectivity index (χ1) is 4.76. The fourth-order valence-electron chi connectivity index (χ4n) is 1.25. The second kappa shape index (κ2) is 3.19. The van der Waals surface area contributed by atoms with Crippen molar-refractivity contribution in [1.29, 1.82) is 0 Å².